The number of aryl methyl sites for hydroxylation is 2. The van der Waals surface area contributed by atoms with Crippen LogP contribution in [0.3, 0.4) is 0 Å². The molecule has 0 spiro atoms. The third-order valence-corrected chi connectivity index (χ3v) is 3.45. The highest BCUT2D eigenvalue weighted by molar-refractivity contribution is 9.10. The van der Waals surface area contributed by atoms with Crippen LogP contribution in [0.15, 0.2) is 40.9 Å². The fourth-order valence-electron chi connectivity index (χ4n) is 2.13. The van der Waals surface area contributed by atoms with E-state index < -0.39 is 0 Å². The molecule has 0 fully saturated rings. The fraction of sp³-hybridized carbons (Fsp3) is 0.188. The molecule has 0 aromatic heterocycles. The SMILES string of the molecule is Cc1cc(C)cc(N(C)c2cc(Br)cc(C#N)c2)c1. The molecule has 2 aromatic rings. The van der Waals surface area contributed by atoms with E-state index in [0.717, 1.165) is 15.8 Å². The smallest absolute Gasteiger partial charge is 0.0992 e. The molecule has 2 aromatic carbocycles. The monoisotopic (exact) mass is 314 g/mol. The van der Waals surface area contributed by atoms with Crippen LogP contribution < -0.4 is 4.90 Å². The number of nitrogens with zero attached hydrogens (tertiary/aromatic N) is 2. The fourth-order valence-corrected chi connectivity index (χ4v) is 2.61. The molecule has 0 radical (unpaired) electrons. The molecule has 2 nitrogen and oxygen atoms in total. The second-order valence-electron chi connectivity index (χ2n) is 4.71. The molecule has 96 valence electrons. The minimum atomic E-state index is 0.653. The van der Waals surface area contributed by atoms with Gasteiger partial charge in [0.25, 0.3) is 0 Å². The predicted molar refractivity (Wildman–Crippen MR) is 82.8 cm³/mol. The van der Waals surface area contributed by atoms with Gasteiger partial charge in [-0.25, -0.2) is 0 Å². The Kier molecular flexibility index (Phi) is 3.92. The van der Waals surface area contributed by atoms with Crippen LogP contribution in [0.1, 0.15) is 16.7 Å². The molecule has 0 aliphatic rings. The van der Waals surface area contributed by atoms with E-state index >= 15 is 0 Å². The van der Waals surface area contributed by atoms with Crippen LogP contribution in [0.2, 0.25) is 0 Å². The molecule has 0 amide bonds. The van der Waals surface area contributed by atoms with E-state index in [1.165, 1.54) is 11.1 Å². The van der Waals surface area contributed by atoms with Gasteiger partial charge in [0.2, 0.25) is 0 Å². The minimum absolute atomic E-state index is 0.653. The third kappa shape index (κ3) is 3.15. The topological polar surface area (TPSA) is 27.0 Å². The summed E-state index contributed by atoms with van der Waals surface area (Å²) in [5.74, 6) is 0. The maximum atomic E-state index is 9.04. The Labute approximate surface area is 122 Å². The standard InChI is InChI=1S/C16H15BrN2/c1-11-4-12(2)6-15(5-11)19(3)16-8-13(10-18)7-14(17)9-16/h4-9H,1-3H3. The largest absolute Gasteiger partial charge is 0.345 e. The van der Waals surface area contributed by atoms with Crippen molar-refractivity contribution in [3.63, 3.8) is 0 Å². The van der Waals surface area contributed by atoms with Crippen LogP contribution >= 0.6 is 15.9 Å². The van der Waals surface area contributed by atoms with Crippen molar-refractivity contribution in [2.45, 2.75) is 13.8 Å². The van der Waals surface area contributed by atoms with E-state index in [1.807, 2.05) is 25.2 Å². The molecule has 2 rings (SSSR count). The zero-order valence-electron chi connectivity index (χ0n) is 11.2. The number of hydrogen-bond acceptors (Lipinski definition) is 2. The summed E-state index contributed by atoms with van der Waals surface area (Å²) in [5.41, 5.74) is 5.24. The number of rotatable bonds is 2. The second kappa shape index (κ2) is 5.46. The highest BCUT2D eigenvalue weighted by atomic mass is 79.9. The van der Waals surface area contributed by atoms with Gasteiger partial charge in [-0.3, -0.25) is 0 Å². The van der Waals surface area contributed by atoms with Gasteiger partial charge in [0.05, 0.1) is 11.6 Å². The van der Waals surface area contributed by atoms with Gasteiger partial charge >= 0.3 is 0 Å². The molecule has 0 bridgehead atoms. The van der Waals surface area contributed by atoms with Gasteiger partial charge in [0.1, 0.15) is 0 Å². The van der Waals surface area contributed by atoms with Gasteiger partial charge in [-0.1, -0.05) is 22.0 Å². The Morgan fingerprint density at radius 3 is 2.11 bits per heavy atom. The first-order chi connectivity index (χ1) is 8.99. The molecule has 0 unspecified atom stereocenters. The van der Waals surface area contributed by atoms with Crippen molar-refractivity contribution in [2.24, 2.45) is 0 Å². The van der Waals surface area contributed by atoms with Crippen molar-refractivity contribution in [2.75, 3.05) is 11.9 Å². The Balaban J connectivity index is 2.46. The summed E-state index contributed by atoms with van der Waals surface area (Å²) in [6.45, 7) is 4.18. The predicted octanol–water partition coefficient (Wildman–Crippen LogP) is 4.71. The normalized spacial score (nSPS) is 10.1. The van der Waals surface area contributed by atoms with Gasteiger partial charge in [0, 0.05) is 22.9 Å². The summed E-state index contributed by atoms with van der Waals surface area (Å²) in [4.78, 5) is 2.09. The highest BCUT2D eigenvalue weighted by Gasteiger charge is 2.07. The van der Waals surface area contributed by atoms with E-state index in [2.05, 4.69) is 58.9 Å². The van der Waals surface area contributed by atoms with Crippen LogP contribution in [-0.2, 0) is 0 Å². The molecule has 3 heteroatoms. The van der Waals surface area contributed by atoms with Crippen molar-refractivity contribution in [3.8, 4) is 6.07 Å². The Hall–Kier alpha value is -1.79. The maximum Gasteiger partial charge on any atom is 0.0992 e. The molecule has 0 aliphatic heterocycles. The number of hydrogen-bond donors (Lipinski definition) is 0. The van der Waals surface area contributed by atoms with Crippen LogP contribution in [0.5, 0.6) is 0 Å². The Morgan fingerprint density at radius 1 is 0.947 bits per heavy atom. The summed E-state index contributed by atoms with van der Waals surface area (Å²) in [7, 11) is 2.01. The maximum absolute atomic E-state index is 9.04. The molecule has 0 heterocycles. The molecular weight excluding hydrogens is 300 g/mol. The molecule has 0 atom stereocenters. The van der Waals surface area contributed by atoms with Gasteiger partial charge in [0.15, 0.2) is 0 Å². The second-order valence-corrected chi connectivity index (χ2v) is 5.63. The van der Waals surface area contributed by atoms with Crippen molar-refractivity contribution in [3.05, 3.63) is 57.6 Å². The van der Waals surface area contributed by atoms with Crippen molar-refractivity contribution < 1.29 is 0 Å². The average Bonchev–Trinajstić information content (AvgIpc) is 2.35. The summed E-state index contributed by atoms with van der Waals surface area (Å²) >= 11 is 3.45. The molecule has 0 aliphatic carbocycles. The first-order valence-corrected chi connectivity index (χ1v) is 6.81. The number of nitriles is 1. The minimum Gasteiger partial charge on any atom is -0.345 e. The van der Waals surface area contributed by atoms with E-state index in [9.17, 15) is 0 Å². The molecule has 19 heavy (non-hydrogen) atoms. The van der Waals surface area contributed by atoms with Gasteiger partial charge in [-0.05, 0) is 55.3 Å². The first kappa shape index (κ1) is 13.6. The number of benzene rings is 2. The van der Waals surface area contributed by atoms with Gasteiger partial charge in [-0.2, -0.15) is 5.26 Å². The van der Waals surface area contributed by atoms with Crippen LogP contribution in [-0.4, -0.2) is 7.05 Å². The van der Waals surface area contributed by atoms with Crippen molar-refractivity contribution in [1.82, 2.24) is 0 Å². The molecule has 0 saturated carbocycles. The van der Waals surface area contributed by atoms with Gasteiger partial charge < -0.3 is 4.90 Å². The Bertz CT molecular complexity index is 636. The van der Waals surface area contributed by atoms with Gasteiger partial charge in [-0.15, -0.1) is 0 Å². The van der Waals surface area contributed by atoms with Crippen LogP contribution in [0, 0.1) is 25.2 Å². The van der Waals surface area contributed by atoms with E-state index in [1.54, 1.807) is 0 Å². The lowest BCUT2D eigenvalue weighted by molar-refractivity contribution is 1.19. The zero-order valence-corrected chi connectivity index (χ0v) is 12.8. The van der Waals surface area contributed by atoms with E-state index in [4.69, 9.17) is 5.26 Å². The molecular formula is C16H15BrN2. The van der Waals surface area contributed by atoms with Crippen molar-refractivity contribution >= 4 is 27.3 Å². The number of halogens is 1. The van der Waals surface area contributed by atoms with Crippen LogP contribution in [0.25, 0.3) is 0 Å². The first-order valence-electron chi connectivity index (χ1n) is 6.02. The summed E-state index contributed by atoms with van der Waals surface area (Å²) in [5, 5.41) is 9.04. The van der Waals surface area contributed by atoms with E-state index in [-0.39, 0.29) is 0 Å². The van der Waals surface area contributed by atoms with E-state index in [0.29, 0.717) is 5.56 Å². The van der Waals surface area contributed by atoms with Crippen molar-refractivity contribution in [1.29, 1.82) is 5.26 Å². The lowest BCUT2D eigenvalue weighted by Crippen LogP contribution is -2.10. The lowest BCUT2D eigenvalue weighted by Gasteiger charge is -2.21. The lowest BCUT2D eigenvalue weighted by atomic mass is 10.1. The summed E-state index contributed by atoms with van der Waals surface area (Å²) in [6.07, 6.45) is 0. The highest BCUT2D eigenvalue weighted by Crippen LogP contribution is 2.28. The Morgan fingerprint density at radius 2 is 1.53 bits per heavy atom. The summed E-state index contributed by atoms with van der Waals surface area (Å²) in [6, 6.07) is 14.3. The molecule has 0 N–H and O–H groups in total. The average molecular weight is 315 g/mol. The van der Waals surface area contributed by atoms with Crippen LogP contribution in [0.4, 0.5) is 11.4 Å². The number of anilines is 2. The quantitative estimate of drug-likeness (QED) is 0.803. The third-order valence-electron chi connectivity index (χ3n) is 2.99. The molecule has 0 saturated heterocycles. The zero-order chi connectivity index (χ0) is 14.0. The summed E-state index contributed by atoms with van der Waals surface area (Å²) < 4.78 is 0.915.